The van der Waals surface area contributed by atoms with Gasteiger partial charge in [0, 0.05) is 24.7 Å². The van der Waals surface area contributed by atoms with Crippen molar-refractivity contribution in [2.45, 2.75) is 19.8 Å². The number of likely N-dealkylation sites (tertiary alicyclic amines) is 1. The maximum atomic E-state index is 13.3. The van der Waals surface area contributed by atoms with E-state index in [0.29, 0.717) is 30.8 Å². The molecule has 2 heterocycles. The molecule has 0 aliphatic carbocycles. The van der Waals surface area contributed by atoms with Crippen molar-refractivity contribution < 1.29 is 14.3 Å². The van der Waals surface area contributed by atoms with Gasteiger partial charge >= 0.3 is 5.97 Å². The molecular weight excluding hydrogens is 340 g/mol. The number of carbonyl (C=O) groups excluding carboxylic acids is 2. The van der Waals surface area contributed by atoms with Crippen molar-refractivity contribution in [3.63, 3.8) is 0 Å². The minimum Gasteiger partial charge on any atom is -0.466 e. The first-order valence-electron chi connectivity index (χ1n) is 9.41. The van der Waals surface area contributed by atoms with E-state index >= 15 is 0 Å². The number of carbonyl (C=O) groups is 2. The average molecular weight is 362 g/mol. The lowest BCUT2D eigenvalue weighted by molar-refractivity contribution is -0.149. The van der Waals surface area contributed by atoms with Crippen molar-refractivity contribution in [1.29, 1.82) is 0 Å². The van der Waals surface area contributed by atoms with Gasteiger partial charge in [-0.1, -0.05) is 30.3 Å². The van der Waals surface area contributed by atoms with Crippen molar-refractivity contribution >= 4 is 33.6 Å². The summed E-state index contributed by atoms with van der Waals surface area (Å²) in [6.07, 6.45) is 3.28. The lowest BCUT2D eigenvalue weighted by Crippen LogP contribution is -2.42. The van der Waals surface area contributed by atoms with E-state index in [2.05, 4.69) is 4.98 Å². The second-order valence-electron chi connectivity index (χ2n) is 6.89. The molecule has 1 amide bonds. The molecule has 5 nitrogen and oxygen atoms in total. The van der Waals surface area contributed by atoms with Gasteiger partial charge in [0.25, 0.3) is 5.91 Å². The highest BCUT2D eigenvalue weighted by Crippen LogP contribution is 2.29. The molecule has 0 N–H and O–H groups in total. The molecule has 1 aromatic heterocycles. The van der Waals surface area contributed by atoms with E-state index in [1.165, 1.54) is 0 Å². The molecule has 0 bridgehead atoms. The van der Waals surface area contributed by atoms with E-state index in [1.54, 1.807) is 18.0 Å². The quantitative estimate of drug-likeness (QED) is 0.525. The second kappa shape index (κ2) is 7.35. The van der Waals surface area contributed by atoms with Crippen molar-refractivity contribution in [3.05, 3.63) is 54.2 Å². The van der Waals surface area contributed by atoms with Gasteiger partial charge in [-0.25, -0.2) is 0 Å². The Morgan fingerprint density at radius 2 is 2.00 bits per heavy atom. The normalized spacial score (nSPS) is 17.2. The van der Waals surface area contributed by atoms with E-state index in [4.69, 9.17) is 4.74 Å². The monoisotopic (exact) mass is 362 g/mol. The number of rotatable bonds is 3. The molecule has 4 rings (SSSR count). The van der Waals surface area contributed by atoms with E-state index in [-0.39, 0.29) is 17.8 Å². The molecule has 0 spiro atoms. The number of piperidine rings is 1. The summed E-state index contributed by atoms with van der Waals surface area (Å²) in [5, 5.41) is 3.07. The third kappa shape index (κ3) is 3.25. The Kier molecular flexibility index (Phi) is 4.75. The van der Waals surface area contributed by atoms with Crippen LogP contribution in [-0.2, 0) is 9.53 Å². The molecule has 1 saturated heterocycles. The van der Waals surface area contributed by atoms with Gasteiger partial charge in [-0.15, -0.1) is 0 Å². The van der Waals surface area contributed by atoms with Gasteiger partial charge in [0.2, 0.25) is 0 Å². The lowest BCUT2D eigenvalue weighted by Gasteiger charge is -2.31. The number of ether oxygens (including phenoxy) is 1. The van der Waals surface area contributed by atoms with Gasteiger partial charge in [-0.2, -0.15) is 0 Å². The summed E-state index contributed by atoms with van der Waals surface area (Å²) in [5.41, 5.74) is 1.30. The van der Waals surface area contributed by atoms with E-state index in [1.807, 2.05) is 42.5 Å². The zero-order chi connectivity index (χ0) is 18.8. The van der Waals surface area contributed by atoms with Crippen molar-refractivity contribution in [2.24, 2.45) is 5.92 Å². The Bertz CT molecular complexity index is 1010. The van der Waals surface area contributed by atoms with Crippen LogP contribution in [0.25, 0.3) is 21.7 Å². The van der Waals surface area contributed by atoms with Crippen molar-refractivity contribution in [1.82, 2.24) is 9.88 Å². The topological polar surface area (TPSA) is 59.5 Å². The molecule has 1 aliphatic heterocycles. The number of amides is 1. The molecule has 27 heavy (non-hydrogen) atoms. The molecule has 138 valence electrons. The van der Waals surface area contributed by atoms with Crippen LogP contribution in [0.2, 0.25) is 0 Å². The maximum Gasteiger partial charge on any atom is 0.310 e. The fraction of sp³-hybridized carbons (Fsp3) is 0.318. The highest BCUT2D eigenvalue weighted by molar-refractivity contribution is 6.15. The Morgan fingerprint density at radius 3 is 2.85 bits per heavy atom. The van der Waals surface area contributed by atoms with Crippen molar-refractivity contribution in [2.75, 3.05) is 19.7 Å². The van der Waals surface area contributed by atoms with Crippen LogP contribution in [0.3, 0.4) is 0 Å². The molecule has 0 radical (unpaired) electrons. The zero-order valence-electron chi connectivity index (χ0n) is 15.4. The highest BCUT2D eigenvalue weighted by Gasteiger charge is 2.30. The van der Waals surface area contributed by atoms with Gasteiger partial charge in [-0.3, -0.25) is 14.6 Å². The van der Waals surface area contributed by atoms with Crippen LogP contribution in [-0.4, -0.2) is 41.5 Å². The fourth-order valence-corrected chi connectivity index (χ4v) is 3.88. The molecule has 5 heteroatoms. The van der Waals surface area contributed by atoms with Gasteiger partial charge in [0.15, 0.2) is 0 Å². The van der Waals surface area contributed by atoms with Crippen LogP contribution in [0.4, 0.5) is 0 Å². The number of fused-ring (bicyclic) bond motifs is 3. The highest BCUT2D eigenvalue weighted by atomic mass is 16.5. The average Bonchev–Trinajstić information content (AvgIpc) is 2.73. The molecule has 1 fully saturated rings. The molecule has 0 saturated carbocycles. The SMILES string of the molecule is CCOC(=O)C1CCCN(C(=O)c2cc3ccccc3c3cccnc23)C1. The number of esters is 1. The molecule has 1 aliphatic rings. The second-order valence-corrected chi connectivity index (χ2v) is 6.89. The molecule has 3 aromatic rings. The van der Waals surface area contributed by atoms with Gasteiger partial charge in [-0.05, 0) is 42.7 Å². The summed E-state index contributed by atoms with van der Waals surface area (Å²) < 4.78 is 5.15. The first-order valence-corrected chi connectivity index (χ1v) is 9.41. The van der Waals surface area contributed by atoms with E-state index in [9.17, 15) is 9.59 Å². The Hall–Kier alpha value is -2.95. The Labute approximate surface area is 157 Å². The number of benzene rings is 2. The van der Waals surface area contributed by atoms with Crippen LogP contribution in [0.15, 0.2) is 48.7 Å². The van der Waals surface area contributed by atoms with Crippen LogP contribution in [0, 0.1) is 5.92 Å². The zero-order valence-corrected chi connectivity index (χ0v) is 15.4. The number of pyridine rings is 1. The predicted molar refractivity (Wildman–Crippen MR) is 105 cm³/mol. The van der Waals surface area contributed by atoms with Crippen LogP contribution >= 0.6 is 0 Å². The minimum absolute atomic E-state index is 0.0709. The number of hydrogen-bond donors (Lipinski definition) is 0. The van der Waals surface area contributed by atoms with Crippen LogP contribution in [0.1, 0.15) is 30.1 Å². The largest absolute Gasteiger partial charge is 0.466 e. The fourth-order valence-electron chi connectivity index (χ4n) is 3.88. The minimum atomic E-state index is -0.248. The van der Waals surface area contributed by atoms with Crippen molar-refractivity contribution in [3.8, 4) is 0 Å². The van der Waals surface area contributed by atoms with Crippen LogP contribution in [0.5, 0.6) is 0 Å². The molecular formula is C22H22N2O3. The predicted octanol–water partition coefficient (Wildman–Crippen LogP) is 3.80. The summed E-state index contributed by atoms with van der Waals surface area (Å²) in [6.45, 7) is 3.22. The summed E-state index contributed by atoms with van der Waals surface area (Å²) in [5.74, 6) is -0.530. The Balaban J connectivity index is 1.72. The summed E-state index contributed by atoms with van der Waals surface area (Å²) in [4.78, 5) is 31.7. The molecule has 1 unspecified atom stereocenters. The Morgan fingerprint density at radius 1 is 1.19 bits per heavy atom. The standard InChI is InChI=1S/C22H22N2O3/c1-2-27-22(26)16-8-6-12-24(14-16)21(25)19-13-15-7-3-4-9-17(15)18-10-5-11-23-20(18)19/h3-5,7,9-11,13,16H,2,6,8,12,14H2,1H3. The molecule has 2 aromatic carbocycles. The van der Waals surface area contributed by atoms with Gasteiger partial charge in [0.1, 0.15) is 0 Å². The maximum absolute atomic E-state index is 13.3. The third-order valence-electron chi connectivity index (χ3n) is 5.17. The van der Waals surface area contributed by atoms with E-state index in [0.717, 1.165) is 29.0 Å². The van der Waals surface area contributed by atoms with E-state index < -0.39 is 0 Å². The number of nitrogens with zero attached hydrogens (tertiary/aromatic N) is 2. The summed E-state index contributed by atoms with van der Waals surface area (Å²) in [6, 6.07) is 13.8. The van der Waals surface area contributed by atoms with Crippen LogP contribution < -0.4 is 0 Å². The summed E-state index contributed by atoms with van der Waals surface area (Å²) in [7, 11) is 0. The van der Waals surface area contributed by atoms with Gasteiger partial charge in [0.05, 0.1) is 23.6 Å². The third-order valence-corrected chi connectivity index (χ3v) is 5.17. The smallest absolute Gasteiger partial charge is 0.310 e. The lowest BCUT2D eigenvalue weighted by atomic mass is 9.96. The first kappa shape index (κ1) is 17.5. The summed E-state index contributed by atoms with van der Waals surface area (Å²) >= 11 is 0. The number of aromatic nitrogens is 1. The number of hydrogen-bond acceptors (Lipinski definition) is 4. The molecule has 1 atom stereocenters. The first-order chi connectivity index (χ1) is 13.2. The van der Waals surface area contributed by atoms with Gasteiger partial charge < -0.3 is 9.64 Å².